The van der Waals surface area contributed by atoms with E-state index in [0.29, 0.717) is 24.2 Å². The summed E-state index contributed by atoms with van der Waals surface area (Å²) in [6.07, 6.45) is 1.15. The summed E-state index contributed by atoms with van der Waals surface area (Å²) >= 11 is 0. The molecule has 6 heteroatoms. The van der Waals surface area contributed by atoms with Gasteiger partial charge in [0.2, 0.25) is 0 Å². The van der Waals surface area contributed by atoms with Crippen LogP contribution in [-0.4, -0.2) is 23.5 Å². The summed E-state index contributed by atoms with van der Waals surface area (Å²) < 4.78 is 18.6. The molecule has 0 atom stereocenters. The highest BCUT2D eigenvalue weighted by Crippen LogP contribution is 2.45. The predicted molar refractivity (Wildman–Crippen MR) is 88.8 cm³/mol. The monoisotopic (exact) mass is 343 g/mol. The van der Waals surface area contributed by atoms with E-state index in [1.165, 1.54) is 12.1 Å². The first-order valence-electron chi connectivity index (χ1n) is 7.98. The van der Waals surface area contributed by atoms with E-state index < -0.39 is 11.4 Å². The van der Waals surface area contributed by atoms with Crippen molar-refractivity contribution in [2.75, 3.05) is 6.54 Å². The van der Waals surface area contributed by atoms with E-state index in [1.807, 2.05) is 0 Å². The normalized spacial score (nSPS) is 14.6. The van der Waals surface area contributed by atoms with Gasteiger partial charge in [-0.2, -0.15) is 0 Å². The third-order valence-electron chi connectivity index (χ3n) is 4.33. The highest BCUT2D eigenvalue weighted by Gasteiger charge is 2.50. The number of amides is 1. The molecule has 2 aromatic rings. The van der Waals surface area contributed by atoms with Gasteiger partial charge >= 0.3 is 5.97 Å². The van der Waals surface area contributed by atoms with Gasteiger partial charge in [-0.1, -0.05) is 24.3 Å². The summed E-state index contributed by atoms with van der Waals surface area (Å²) in [5, 5.41) is 11.8. The molecule has 2 aromatic carbocycles. The van der Waals surface area contributed by atoms with E-state index in [-0.39, 0.29) is 24.9 Å². The fraction of sp³-hybridized carbons (Fsp3) is 0.263. The van der Waals surface area contributed by atoms with Gasteiger partial charge in [0, 0.05) is 6.54 Å². The van der Waals surface area contributed by atoms with Crippen LogP contribution in [0.5, 0.6) is 5.75 Å². The van der Waals surface area contributed by atoms with Crippen molar-refractivity contribution in [1.82, 2.24) is 5.32 Å². The number of hydrogen-bond donors (Lipinski definition) is 2. The van der Waals surface area contributed by atoms with Crippen LogP contribution >= 0.6 is 0 Å². The summed E-state index contributed by atoms with van der Waals surface area (Å²) in [5.41, 5.74) is 0.296. The maximum atomic E-state index is 12.9. The van der Waals surface area contributed by atoms with E-state index in [2.05, 4.69) is 5.32 Å². The van der Waals surface area contributed by atoms with Crippen molar-refractivity contribution < 1.29 is 23.8 Å². The molecule has 0 heterocycles. The molecule has 5 nitrogen and oxygen atoms in total. The number of halogens is 1. The van der Waals surface area contributed by atoms with Crippen LogP contribution in [0, 0.1) is 11.2 Å². The molecular weight excluding hydrogens is 325 g/mol. The Labute approximate surface area is 144 Å². The maximum absolute atomic E-state index is 12.9. The minimum Gasteiger partial charge on any atom is -0.488 e. The molecule has 0 radical (unpaired) electrons. The smallest absolute Gasteiger partial charge is 0.311 e. The minimum absolute atomic E-state index is 0.105. The highest BCUT2D eigenvalue weighted by molar-refractivity contribution is 5.97. The maximum Gasteiger partial charge on any atom is 0.311 e. The van der Waals surface area contributed by atoms with Gasteiger partial charge in [0.1, 0.15) is 18.2 Å². The lowest BCUT2D eigenvalue weighted by atomic mass is 10.1. The molecule has 1 aliphatic rings. The van der Waals surface area contributed by atoms with Crippen molar-refractivity contribution >= 4 is 11.9 Å². The average molecular weight is 343 g/mol. The Hall–Kier alpha value is -2.89. The fourth-order valence-electron chi connectivity index (χ4n) is 2.48. The molecule has 0 aromatic heterocycles. The molecule has 0 spiro atoms. The van der Waals surface area contributed by atoms with E-state index in [4.69, 9.17) is 9.84 Å². The minimum atomic E-state index is -0.881. The summed E-state index contributed by atoms with van der Waals surface area (Å²) in [4.78, 5) is 23.6. The second kappa shape index (κ2) is 6.93. The van der Waals surface area contributed by atoms with Gasteiger partial charge < -0.3 is 15.2 Å². The van der Waals surface area contributed by atoms with Crippen LogP contribution in [0.2, 0.25) is 0 Å². The Balaban J connectivity index is 1.64. The number of nitrogens with one attached hydrogen (secondary N) is 1. The molecule has 2 N–H and O–H groups in total. The van der Waals surface area contributed by atoms with Gasteiger partial charge in [-0.25, -0.2) is 4.39 Å². The van der Waals surface area contributed by atoms with Crippen molar-refractivity contribution in [3.05, 3.63) is 65.5 Å². The number of carbonyl (C=O) groups excluding carboxylic acids is 1. The van der Waals surface area contributed by atoms with Crippen LogP contribution < -0.4 is 10.1 Å². The van der Waals surface area contributed by atoms with E-state index >= 15 is 0 Å². The topological polar surface area (TPSA) is 75.6 Å². The largest absolute Gasteiger partial charge is 0.488 e. The summed E-state index contributed by atoms with van der Waals surface area (Å²) in [7, 11) is 0. The molecule has 0 saturated heterocycles. The second-order valence-corrected chi connectivity index (χ2v) is 6.18. The third-order valence-corrected chi connectivity index (χ3v) is 4.33. The number of aliphatic carboxylic acids is 1. The van der Waals surface area contributed by atoms with Gasteiger partial charge in [-0.3, -0.25) is 9.59 Å². The van der Waals surface area contributed by atoms with E-state index in [1.54, 1.807) is 36.4 Å². The van der Waals surface area contributed by atoms with Gasteiger partial charge in [-0.15, -0.1) is 0 Å². The molecule has 1 aliphatic carbocycles. The highest BCUT2D eigenvalue weighted by atomic mass is 19.1. The summed E-state index contributed by atoms with van der Waals surface area (Å²) in [6, 6.07) is 12.7. The molecule has 1 amide bonds. The molecule has 1 fully saturated rings. The molecule has 0 aliphatic heterocycles. The van der Waals surface area contributed by atoms with Gasteiger partial charge in [0.25, 0.3) is 5.91 Å². The molecule has 130 valence electrons. The lowest BCUT2D eigenvalue weighted by molar-refractivity contribution is -0.143. The van der Waals surface area contributed by atoms with Crippen molar-refractivity contribution in [1.29, 1.82) is 0 Å². The quantitative estimate of drug-likeness (QED) is 0.810. The number of rotatable bonds is 7. The van der Waals surface area contributed by atoms with E-state index in [0.717, 1.165) is 5.56 Å². The lowest BCUT2D eigenvalue weighted by Crippen LogP contribution is -2.34. The zero-order valence-electron chi connectivity index (χ0n) is 13.5. The van der Waals surface area contributed by atoms with Crippen LogP contribution in [0.25, 0.3) is 0 Å². The first-order chi connectivity index (χ1) is 12.0. The number of hydrogen-bond acceptors (Lipinski definition) is 3. The molecule has 25 heavy (non-hydrogen) atoms. The fourth-order valence-corrected chi connectivity index (χ4v) is 2.48. The molecule has 0 bridgehead atoms. The van der Waals surface area contributed by atoms with Crippen LogP contribution in [-0.2, 0) is 11.4 Å². The molecule has 1 saturated carbocycles. The van der Waals surface area contributed by atoms with Crippen molar-refractivity contribution in [2.24, 2.45) is 5.41 Å². The van der Waals surface area contributed by atoms with Crippen molar-refractivity contribution in [3.63, 3.8) is 0 Å². The Morgan fingerprint density at radius 1 is 1.12 bits per heavy atom. The van der Waals surface area contributed by atoms with Gasteiger partial charge in [0.15, 0.2) is 0 Å². The summed E-state index contributed by atoms with van der Waals surface area (Å²) in [5.74, 6) is -1.18. The van der Waals surface area contributed by atoms with Crippen LogP contribution in [0.4, 0.5) is 4.39 Å². The predicted octanol–water partition coefficient (Wildman–Crippen LogP) is 3.00. The number of carbonyl (C=O) groups is 2. The SMILES string of the molecule is O=C(NCC1(C(=O)O)CC1)c1ccccc1OCc1ccc(F)cc1. The molecule has 0 unspecified atom stereocenters. The zero-order chi connectivity index (χ0) is 17.9. The van der Waals surface area contributed by atoms with Gasteiger partial charge in [0.05, 0.1) is 11.0 Å². The number of carboxylic acid groups (broad SMARTS) is 1. The first-order valence-corrected chi connectivity index (χ1v) is 7.98. The Kier molecular flexibility index (Phi) is 4.70. The van der Waals surface area contributed by atoms with Crippen molar-refractivity contribution in [2.45, 2.75) is 19.4 Å². The zero-order valence-corrected chi connectivity index (χ0v) is 13.5. The lowest BCUT2D eigenvalue weighted by Gasteiger charge is -2.14. The Morgan fingerprint density at radius 2 is 1.80 bits per heavy atom. The number of para-hydroxylation sites is 1. The third kappa shape index (κ3) is 3.96. The Bertz CT molecular complexity index is 784. The number of carboxylic acids is 1. The van der Waals surface area contributed by atoms with Crippen molar-refractivity contribution in [3.8, 4) is 5.75 Å². The Morgan fingerprint density at radius 3 is 2.44 bits per heavy atom. The molecular formula is C19H18FNO4. The van der Waals surface area contributed by atoms with Gasteiger partial charge in [-0.05, 0) is 42.7 Å². The van der Waals surface area contributed by atoms with Crippen LogP contribution in [0.1, 0.15) is 28.8 Å². The average Bonchev–Trinajstić information content (AvgIpc) is 3.41. The number of ether oxygens (including phenoxy) is 1. The first kappa shape index (κ1) is 17.0. The van der Waals surface area contributed by atoms with Crippen LogP contribution in [0.15, 0.2) is 48.5 Å². The second-order valence-electron chi connectivity index (χ2n) is 6.18. The number of benzene rings is 2. The molecule has 3 rings (SSSR count). The summed E-state index contributed by atoms with van der Waals surface area (Å²) in [6.45, 7) is 0.303. The van der Waals surface area contributed by atoms with Crippen LogP contribution in [0.3, 0.4) is 0 Å². The standard InChI is InChI=1S/C19H18FNO4/c20-14-7-5-13(6-8-14)11-25-16-4-2-1-3-15(16)17(22)21-12-19(9-10-19)18(23)24/h1-8H,9-12H2,(H,21,22)(H,23,24). The van der Waals surface area contributed by atoms with E-state index in [9.17, 15) is 14.0 Å².